The molecule has 0 aliphatic heterocycles. The van der Waals surface area contributed by atoms with E-state index in [1.54, 1.807) is 7.11 Å². The van der Waals surface area contributed by atoms with Crippen LogP contribution in [0.4, 0.5) is 0 Å². The lowest BCUT2D eigenvalue weighted by Gasteiger charge is -2.26. The molecule has 0 saturated heterocycles. The van der Waals surface area contributed by atoms with E-state index in [1.807, 2.05) is 11.3 Å². The third-order valence-corrected chi connectivity index (χ3v) is 5.10. The fourth-order valence-electron chi connectivity index (χ4n) is 2.55. The van der Waals surface area contributed by atoms with E-state index in [0.717, 1.165) is 25.8 Å². The van der Waals surface area contributed by atoms with Crippen LogP contribution in [0.15, 0.2) is 29.6 Å². The van der Waals surface area contributed by atoms with Crippen molar-refractivity contribution in [2.24, 2.45) is 0 Å². The Morgan fingerprint density at radius 1 is 1.29 bits per heavy atom. The standard InChI is InChI=1S/C18H27NOS/c1-5-12-19-16(10-11-18(2,3)20-4)15-13-21-17-9-7-6-8-14(15)17/h6-9,13,16,19H,5,10-12H2,1-4H3. The van der Waals surface area contributed by atoms with E-state index < -0.39 is 0 Å². The number of hydrogen-bond donors (Lipinski definition) is 1. The van der Waals surface area contributed by atoms with Gasteiger partial charge in [-0.25, -0.2) is 0 Å². The molecule has 116 valence electrons. The SMILES string of the molecule is CCCNC(CCC(C)(C)OC)c1csc2ccccc12. The maximum Gasteiger partial charge on any atom is 0.0623 e. The zero-order valence-electron chi connectivity index (χ0n) is 13.6. The number of thiophene rings is 1. The first-order chi connectivity index (χ1) is 10.1. The van der Waals surface area contributed by atoms with Gasteiger partial charge in [-0.2, -0.15) is 0 Å². The molecule has 0 saturated carbocycles. The van der Waals surface area contributed by atoms with Gasteiger partial charge in [0.2, 0.25) is 0 Å². The summed E-state index contributed by atoms with van der Waals surface area (Å²) >= 11 is 1.84. The van der Waals surface area contributed by atoms with Crippen molar-refractivity contribution in [1.82, 2.24) is 5.32 Å². The molecule has 0 aliphatic carbocycles. The molecule has 0 amide bonds. The second-order valence-electron chi connectivity index (χ2n) is 6.20. The van der Waals surface area contributed by atoms with Gasteiger partial charge in [-0.15, -0.1) is 11.3 Å². The summed E-state index contributed by atoms with van der Waals surface area (Å²) in [5, 5.41) is 7.42. The monoisotopic (exact) mass is 305 g/mol. The number of ether oxygens (including phenoxy) is 1. The summed E-state index contributed by atoms with van der Waals surface area (Å²) in [6, 6.07) is 9.11. The average Bonchev–Trinajstić information content (AvgIpc) is 2.91. The van der Waals surface area contributed by atoms with Gasteiger partial charge >= 0.3 is 0 Å². The molecule has 1 aromatic heterocycles. The molecule has 2 nitrogen and oxygen atoms in total. The molecule has 0 fully saturated rings. The predicted molar refractivity (Wildman–Crippen MR) is 93.2 cm³/mol. The minimum Gasteiger partial charge on any atom is -0.379 e. The second kappa shape index (κ2) is 7.39. The molecular weight excluding hydrogens is 278 g/mol. The fourth-order valence-corrected chi connectivity index (χ4v) is 3.56. The third kappa shape index (κ3) is 4.29. The summed E-state index contributed by atoms with van der Waals surface area (Å²) < 4.78 is 6.95. The van der Waals surface area contributed by atoms with Crippen molar-refractivity contribution in [3.05, 3.63) is 35.2 Å². The number of methoxy groups -OCH3 is 1. The summed E-state index contributed by atoms with van der Waals surface area (Å²) in [6.45, 7) is 7.60. The highest BCUT2D eigenvalue weighted by molar-refractivity contribution is 7.17. The van der Waals surface area contributed by atoms with E-state index in [-0.39, 0.29) is 5.60 Å². The summed E-state index contributed by atoms with van der Waals surface area (Å²) in [4.78, 5) is 0. The second-order valence-corrected chi connectivity index (χ2v) is 7.11. The van der Waals surface area contributed by atoms with E-state index in [0.29, 0.717) is 6.04 Å². The van der Waals surface area contributed by atoms with Gasteiger partial charge in [-0.3, -0.25) is 0 Å². The first-order valence-corrected chi connectivity index (χ1v) is 8.70. The Bertz CT molecular complexity index is 561. The van der Waals surface area contributed by atoms with Gasteiger partial charge in [-0.05, 0) is 62.1 Å². The maximum atomic E-state index is 5.57. The smallest absolute Gasteiger partial charge is 0.0623 e. The first kappa shape index (κ1) is 16.5. The molecule has 21 heavy (non-hydrogen) atoms. The molecule has 0 spiro atoms. The van der Waals surface area contributed by atoms with Crippen LogP contribution in [0.2, 0.25) is 0 Å². The summed E-state index contributed by atoms with van der Waals surface area (Å²) in [6.07, 6.45) is 3.31. The number of fused-ring (bicyclic) bond motifs is 1. The average molecular weight is 305 g/mol. The van der Waals surface area contributed by atoms with Crippen molar-refractivity contribution in [2.45, 2.75) is 51.7 Å². The summed E-state index contributed by atoms with van der Waals surface area (Å²) in [7, 11) is 1.80. The Kier molecular flexibility index (Phi) is 5.80. The molecule has 3 heteroatoms. The van der Waals surface area contributed by atoms with Crippen LogP contribution < -0.4 is 5.32 Å². The number of hydrogen-bond acceptors (Lipinski definition) is 3. The van der Waals surface area contributed by atoms with E-state index in [2.05, 4.69) is 55.7 Å². The van der Waals surface area contributed by atoms with Crippen molar-refractivity contribution in [3.8, 4) is 0 Å². The molecule has 1 aromatic carbocycles. The Morgan fingerprint density at radius 2 is 2.05 bits per heavy atom. The van der Waals surface area contributed by atoms with E-state index >= 15 is 0 Å². The maximum absolute atomic E-state index is 5.57. The van der Waals surface area contributed by atoms with Gasteiger partial charge in [0, 0.05) is 17.9 Å². The highest BCUT2D eigenvalue weighted by atomic mass is 32.1. The zero-order valence-corrected chi connectivity index (χ0v) is 14.4. The van der Waals surface area contributed by atoms with Crippen molar-refractivity contribution in [1.29, 1.82) is 0 Å². The lowest BCUT2D eigenvalue weighted by molar-refractivity contribution is 0.0117. The van der Waals surface area contributed by atoms with Crippen molar-refractivity contribution in [2.75, 3.05) is 13.7 Å². The highest BCUT2D eigenvalue weighted by Crippen LogP contribution is 2.33. The molecule has 0 aliphatic rings. The molecule has 0 bridgehead atoms. The lowest BCUT2D eigenvalue weighted by atomic mass is 9.94. The van der Waals surface area contributed by atoms with Gasteiger partial charge in [0.15, 0.2) is 0 Å². The summed E-state index contributed by atoms with van der Waals surface area (Å²) in [5.74, 6) is 0. The minimum atomic E-state index is -0.0576. The Balaban J connectivity index is 2.19. The highest BCUT2D eigenvalue weighted by Gasteiger charge is 2.21. The van der Waals surface area contributed by atoms with Crippen LogP contribution in [0.5, 0.6) is 0 Å². The van der Waals surface area contributed by atoms with Crippen LogP contribution in [0.25, 0.3) is 10.1 Å². The normalized spacial score (nSPS) is 13.7. The van der Waals surface area contributed by atoms with Gasteiger partial charge in [-0.1, -0.05) is 25.1 Å². The van der Waals surface area contributed by atoms with Crippen LogP contribution in [0.3, 0.4) is 0 Å². The topological polar surface area (TPSA) is 21.3 Å². The predicted octanol–water partition coefficient (Wildman–Crippen LogP) is 5.15. The van der Waals surface area contributed by atoms with Gasteiger partial charge in [0.05, 0.1) is 5.60 Å². The van der Waals surface area contributed by atoms with Crippen molar-refractivity contribution < 1.29 is 4.74 Å². The summed E-state index contributed by atoms with van der Waals surface area (Å²) in [5.41, 5.74) is 1.38. The van der Waals surface area contributed by atoms with E-state index in [4.69, 9.17) is 4.74 Å². The van der Waals surface area contributed by atoms with E-state index in [1.165, 1.54) is 15.6 Å². The first-order valence-electron chi connectivity index (χ1n) is 7.82. The largest absolute Gasteiger partial charge is 0.379 e. The molecule has 1 atom stereocenters. The Morgan fingerprint density at radius 3 is 2.76 bits per heavy atom. The molecule has 2 aromatic rings. The minimum absolute atomic E-state index is 0.0576. The Hall–Kier alpha value is -0.900. The van der Waals surface area contributed by atoms with Gasteiger partial charge < -0.3 is 10.1 Å². The number of benzene rings is 1. The zero-order chi connectivity index (χ0) is 15.3. The van der Waals surface area contributed by atoms with E-state index in [9.17, 15) is 0 Å². The van der Waals surface area contributed by atoms with Crippen LogP contribution in [-0.2, 0) is 4.74 Å². The van der Waals surface area contributed by atoms with Crippen molar-refractivity contribution >= 4 is 21.4 Å². The third-order valence-electron chi connectivity index (χ3n) is 4.11. The van der Waals surface area contributed by atoms with Gasteiger partial charge in [0.1, 0.15) is 0 Å². The molecule has 1 heterocycles. The van der Waals surface area contributed by atoms with Crippen LogP contribution in [0.1, 0.15) is 51.6 Å². The number of rotatable bonds is 8. The molecule has 1 N–H and O–H groups in total. The molecule has 0 radical (unpaired) electrons. The van der Waals surface area contributed by atoms with Crippen LogP contribution >= 0.6 is 11.3 Å². The lowest BCUT2D eigenvalue weighted by Crippen LogP contribution is -2.27. The fraction of sp³-hybridized carbons (Fsp3) is 0.556. The van der Waals surface area contributed by atoms with Gasteiger partial charge in [0.25, 0.3) is 0 Å². The van der Waals surface area contributed by atoms with Crippen molar-refractivity contribution in [3.63, 3.8) is 0 Å². The van der Waals surface area contributed by atoms with Crippen LogP contribution in [0, 0.1) is 0 Å². The molecule has 1 unspecified atom stereocenters. The van der Waals surface area contributed by atoms with Crippen LogP contribution in [-0.4, -0.2) is 19.3 Å². The molecule has 2 rings (SSSR count). The molecular formula is C18H27NOS. The quantitative estimate of drug-likeness (QED) is 0.728. The number of nitrogens with one attached hydrogen (secondary N) is 1. The Labute approximate surface area is 132 Å².